The van der Waals surface area contributed by atoms with Crippen LogP contribution in [0, 0.1) is 11.6 Å². The number of furan rings is 1. The molecule has 1 unspecified atom stereocenters. The summed E-state index contributed by atoms with van der Waals surface area (Å²) < 4.78 is 34.4. The molecule has 5 heterocycles. The van der Waals surface area contributed by atoms with Gasteiger partial charge in [0.1, 0.15) is 17.7 Å². The normalized spacial score (nSPS) is 17.4. The van der Waals surface area contributed by atoms with E-state index in [1.807, 2.05) is 4.90 Å². The topological polar surface area (TPSA) is 134 Å². The molecular formula is C26H30F2N10O2. The van der Waals surface area contributed by atoms with Gasteiger partial charge in [0, 0.05) is 38.8 Å². The predicted molar refractivity (Wildman–Crippen MR) is 144 cm³/mol. The number of piperazine rings is 1. The monoisotopic (exact) mass is 552 g/mol. The molecule has 0 saturated carbocycles. The van der Waals surface area contributed by atoms with E-state index in [0.717, 1.165) is 32.0 Å². The lowest BCUT2D eigenvalue weighted by Crippen LogP contribution is -2.55. The van der Waals surface area contributed by atoms with Crippen LogP contribution in [-0.4, -0.2) is 92.1 Å². The number of amides is 1. The molecule has 40 heavy (non-hydrogen) atoms. The van der Waals surface area contributed by atoms with Gasteiger partial charge in [0.25, 0.3) is 5.78 Å². The molecule has 210 valence electrons. The van der Waals surface area contributed by atoms with Gasteiger partial charge in [-0.15, -0.1) is 5.10 Å². The highest BCUT2D eigenvalue weighted by atomic mass is 19.1. The fraction of sp³-hybridized carbons (Fsp3) is 0.423. The Balaban J connectivity index is 1.20. The minimum absolute atomic E-state index is 0.0666. The number of hydrogen-bond acceptors (Lipinski definition) is 10. The van der Waals surface area contributed by atoms with Crippen LogP contribution in [0.2, 0.25) is 0 Å². The highest BCUT2D eigenvalue weighted by Crippen LogP contribution is 2.23. The summed E-state index contributed by atoms with van der Waals surface area (Å²) in [5.74, 6) is -0.0890. The molecule has 0 radical (unpaired) electrons. The number of carbonyl (C=O) groups is 1. The number of benzene rings is 1. The van der Waals surface area contributed by atoms with Crippen LogP contribution >= 0.6 is 0 Å². The van der Waals surface area contributed by atoms with Crippen molar-refractivity contribution in [1.29, 1.82) is 0 Å². The largest absolute Gasteiger partial charge is 0.461 e. The van der Waals surface area contributed by atoms with Crippen LogP contribution in [0.3, 0.4) is 0 Å². The van der Waals surface area contributed by atoms with Crippen molar-refractivity contribution in [2.45, 2.75) is 25.3 Å². The number of nitrogens with one attached hydrogen (secondary N) is 1. The van der Waals surface area contributed by atoms with Crippen molar-refractivity contribution >= 4 is 29.3 Å². The first-order valence-corrected chi connectivity index (χ1v) is 13.4. The quantitative estimate of drug-likeness (QED) is 0.352. The maximum absolute atomic E-state index is 14.3. The van der Waals surface area contributed by atoms with E-state index in [1.165, 1.54) is 29.3 Å². The van der Waals surface area contributed by atoms with Crippen LogP contribution in [0.5, 0.6) is 0 Å². The number of nitrogens with zero attached hydrogens (tertiary/aromatic N) is 8. The zero-order valence-electron chi connectivity index (χ0n) is 21.8. The van der Waals surface area contributed by atoms with Gasteiger partial charge < -0.3 is 30.2 Å². The molecule has 3 N–H and O–H groups in total. The van der Waals surface area contributed by atoms with E-state index < -0.39 is 17.7 Å². The lowest BCUT2D eigenvalue weighted by atomic mass is 10.1. The summed E-state index contributed by atoms with van der Waals surface area (Å²) in [7, 11) is 0. The summed E-state index contributed by atoms with van der Waals surface area (Å²) in [5.41, 5.74) is 6.50. The number of piperidine rings is 1. The number of hydrogen-bond donors (Lipinski definition) is 2. The van der Waals surface area contributed by atoms with Gasteiger partial charge >= 0.3 is 0 Å². The summed E-state index contributed by atoms with van der Waals surface area (Å²) in [6, 6.07) is 6.37. The Hall–Kier alpha value is -4.33. The first-order chi connectivity index (χ1) is 19.4. The Bertz CT molecular complexity index is 1480. The molecule has 4 aromatic rings. The maximum Gasteiger partial charge on any atom is 0.259 e. The molecule has 0 bridgehead atoms. The molecule has 2 aliphatic heterocycles. The van der Waals surface area contributed by atoms with Crippen LogP contribution in [0.25, 0.3) is 17.4 Å². The Labute approximate surface area is 228 Å². The van der Waals surface area contributed by atoms with E-state index in [9.17, 15) is 13.6 Å². The fourth-order valence-electron chi connectivity index (χ4n) is 5.25. The Morgan fingerprint density at radius 1 is 1.02 bits per heavy atom. The minimum atomic E-state index is -0.637. The van der Waals surface area contributed by atoms with Crippen LogP contribution in [0.1, 0.15) is 19.3 Å². The number of likely N-dealkylation sites (tertiary alicyclic amines) is 1. The maximum atomic E-state index is 14.3. The highest BCUT2D eigenvalue weighted by molar-refractivity contribution is 5.85. The van der Waals surface area contributed by atoms with Crippen LogP contribution in [0.15, 0.2) is 41.0 Å². The Morgan fingerprint density at radius 2 is 1.82 bits per heavy atom. The number of nitrogen functional groups attached to an aromatic ring is 1. The molecule has 6 rings (SSSR count). The van der Waals surface area contributed by atoms with E-state index >= 15 is 0 Å². The lowest BCUT2D eigenvalue weighted by Gasteiger charge is -2.38. The molecule has 0 spiro atoms. The molecule has 1 amide bonds. The van der Waals surface area contributed by atoms with Crippen molar-refractivity contribution in [3.05, 3.63) is 48.2 Å². The van der Waals surface area contributed by atoms with Crippen LogP contribution in [0.4, 0.5) is 26.4 Å². The molecule has 0 aliphatic carbocycles. The second-order valence-corrected chi connectivity index (χ2v) is 10.00. The van der Waals surface area contributed by atoms with Gasteiger partial charge in [-0.2, -0.15) is 19.5 Å². The number of nitrogens with two attached hydrogens (primary N) is 1. The lowest BCUT2D eigenvalue weighted by molar-refractivity contribution is -0.132. The fourth-order valence-corrected chi connectivity index (χ4v) is 5.25. The minimum Gasteiger partial charge on any atom is -0.461 e. The van der Waals surface area contributed by atoms with E-state index in [2.05, 4.69) is 30.3 Å². The average molecular weight is 553 g/mol. The van der Waals surface area contributed by atoms with Gasteiger partial charge in [-0.05, 0) is 50.2 Å². The van der Waals surface area contributed by atoms with Gasteiger partial charge in [0.15, 0.2) is 5.76 Å². The first kappa shape index (κ1) is 25.9. The van der Waals surface area contributed by atoms with Gasteiger partial charge in [-0.1, -0.05) is 6.42 Å². The second-order valence-electron chi connectivity index (χ2n) is 10.00. The standard InChI is InChI=1S/C26H30F2N10O2/c27-17-6-7-20(18(28)15-17)36-10-12-37(13-11-36)23(39)19(16-35-8-2-1-3-9-35)30-25-32-24(29)38-26(33-25)31-22(34-38)21-5-4-14-40-21/h4-7,14-15,19H,1-3,8-13,16H2,(H3,29,30,31,32,33,34). The van der Waals surface area contributed by atoms with E-state index in [4.69, 9.17) is 10.2 Å². The highest BCUT2D eigenvalue weighted by Gasteiger charge is 2.31. The summed E-state index contributed by atoms with van der Waals surface area (Å²) in [6.45, 7) is 3.93. The van der Waals surface area contributed by atoms with Crippen molar-refractivity contribution in [3.63, 3.8) is 0 Å². The van der Waals surface area contributed by atoms with Gasteiger partial charge in [0.05, 0.1) is 12.0 Å². The molecular weight excluding hydrogens is 522 g/mol. The average Bonchev–Trinajstić information content (AvgIpc) is 3.64. The van der Waals surface area contributed by atoms with E-state index in [-0.39, 0.29) is 23.6 Å². The van der Waals surface area contributed by atoms with Crippen LogP contribution in [-0.2, 0) is 4.79 Å². The second kappa shape index (κ2) is 11.0. The predicted octanol–water partition coefficient (Wildman–Crippen LogP) is 2.25. The van der Waals surface area contributed by atoms with Gasteiger partial charge in [0.2, 0.25) is 23.6 Å². The van der Waals surface area contributed by atoms with E-state index in [0.29, 0.717) is 50.0 Å². The van der Waals surface area contributed by atoms with Crippen molar-refractivity contribution in [3.8, 4) is 11.6 Å². The molecule has 1 aromatic carbocycles. The number of carbonyl (C=O) groups excluding carboxylic acids is 1. The molecule has 1 atom stereocenters. The summed E-state index contributed by atoms with van der Waals surface area (Å²) >= 11 is 0. The molecule has 2 saturated heterocycles. The summed E-state index contributed by atoms with van der Waals surface area (Å²) in [6.07, 6.45) is 4.85. The Morgan fingerprint density at radius 3 is 2.55 bits per heavy atom. The number of anilines is 3. The summed E-state index contributed by atoms with van der Waals surface area (Å²) in [4.78, 5) is 32.9. The number of aromatic nitrogens is 5. The number of rotatable bonds is 7. The zero-order valence-corrected chi connectivity index (χ0v) is 21.8. The SMILES string of the molecule is Nc1nc(NC(CN2CCCCC2)C(=O)N2CCN(c3ccc(F)cc3F)CC2)nc2nc(-c3ccco3)nn12. The van der Waals surface area contributed by atoms with Gasteiger partial charge in [-0.25, -0.2) is 8.78 Å². The smallest absolute Gasteiger partial charge is 0.259 e. The number of halogens is 2. The first-order valence-electron chi connectivity index (χ1n) is 13.4. The van der Waals surface area contributed by atoms with Crippen molar-refractivity contribution < 1.29 is 18.0 Å². The summed E-state index contributed by atoms with van der Waals surface area (Å²) in [5, 5.41) is 7.52. The molecule has 2 fully saturated rings. The van der Waals surface area contributed by atoms with Crippen molar-refractivity contribution in [2.24, 2.45) is 0 Å². The third-order valence-corrected chi connectivity index (χ3v) is 7.31. The van der Waals surface area contributed by atoms with Crippen LogP contribution < -0.4 is 16.0 Å². The number of fused-ring (bicyclic) bond motifs is 1. The molecule has 2 aliphatic rings. The van der Waals surface area contributed by atoms with Gasteiger partial charge in [-0.3, -0.25) is 4.79 Å². The third kappa shape index (κ3) is 5.39. The van der Waals surface area contributed by atoms with Crippen molar-refractivity contribution in [2.75, 3.05) is 61.8 Å². The third-order valence-electron chi connectivity index (χ3n) is 7.31. The molecule has 14 heteroatoms. The Kier molecular flexibility index (Phi) is 7.15. The van der Waals surface area contributed by atoms with Crippen molar-refractivity contribution in [1.82, 2.24) is 34.4 Å². The van der Waals surface area contributed by atoms with E-state index in [1.54, 1.807) is 17.0 Å². The molecule has 3 aromatic heterocycles. The molecule has 12 nitrogen and oxygen atoms in total. The zero-order chi connectivity index (χ0) is 27.6.